The molecule has 0 saturated carbocycles. The number of hydrogen-bond acceptors (Lipinski definition) is 5. The van der Waals surface area contributed by atoms with Gasteiger partial charge in [0.05, 0.1) is 0 Å². The van der Waals surface area contributed by atoms with Crippen LogP contribution in [0.4, 0.5) is 9.93 Å². The predicted octanol–water partition coefficient (Wildman–Crippen LogP) is 1.74. The van der Waals surface area contributed by atoms with Crippen molar-refractivity contribution < 1.29 is 19.5 Å². The van der Waals surface area contributed by atoms with E-state index in [9.17, 15) is 14.4 Å². The summed E-state index contributed by atoms with van der Waals surface area (Å²) in [6.07, 6.45) is 2.61. The van der Waals surface area contributed by atoms with Crippen molar-refractivity contribution in [2.24, 2.45) is 0 Å². The number of carboxylic acid groups (broad SMARTS) is 1. The Bertz CT molecular complexity index is 472. The van der Waals surface area contributed by atoms with Crippen LogP contribution in [-0.2, 0) is 9.59 Å². The van der Waals surface area contributed by atoms with E-state index in [1.165, 1.54) is 11.3 Å². The fourth-order valence-corrected chi connectivity index (χ4v) is 1.95. The summed E-state index contributed by atoms with van der Waals surface area (Å²) in [4.78, 5) is 37.9. The Morgan fingerprint density at radius 3 is 2.58 bits per heavy atom. The minimum atomic E-state index is -0.891. The summed E-state index contributed by atoms with van der Waals surface area (Å²) in [6, 6.07) is -0.627. The standard InChI is InChI=1S/C11H15N3O4S/c1-7-6-12-11(19-7)14-10(18)13-8(15)4-2-3-5-9(16)17/h6H,2-5H2,1H3,(H,16,17)(H2,12,13,14,15,18). The zero-order valence-corrected chi connectivity index (χ0v) is 11.2. The average Bonchev–Trinajstić information content (AvgIpc) is 2.69. The molecule has 0 spiro atoms. The van der Waals surface area contributed by atoms with Crippen LogP contribution in [0.25, 0.3) is 0 Å². The van der Waals surface area contributed by atoms with E-state index in [2.05, 4.69) is 15.6 Å². The van der Waals surface area contributed by atoms with Crippen molar-refractivity contribution >= 4 is 34.4 Å². The summed E-state index contributed by atoms with van der Waals surface area (Å²) >= 11 is 1.31. The lowest BCUT2D eigenvalue weighted by Crippen LogP contribution is -2.34. The number of urea groups is 1. The number of carboxylic acids is 1. The lowest BCUT2D eigenvalue weighted by atomic mass is 10.2. The van der Waals surface area contributed by atoms with E-state index in [4.69, 9.17) is 5.11 Å². The van der Waals surface area contributed by atoms with Gasteiger partial charge >= 0.3 is 12.0 Å². The molecule has 0 aliphatic carbocycles. The molecule has 0 radical (unpaired) electrons. The number of nitrogens with one attached hydrogen (secondary N) is 2. The number of aliphatic carboxylic acids is 1. The molecule has 0 atom stereocenters. The van der Waals surface area contributed by atoms with Gasteiger partial charge in [-0.15, -0.1) is 11.3 Å². The molecule has 0 fully saturated rings. The number of unbranched alkanes of at least 4 members (excludes halogenated alkanes) is 1. The Kier molecular flexibility index (Phi) is 5.94. The number of rotatable bonds is 6. The third-order valence-electron chi connectivity index (χ3n) is 2.14. The maximum Gasteiger partial charge on any atom is 0.327 e. The van der Waals surface area contributed by atoms with Gasteiger partial charge in [-0.1, -0.05) is 0 Å². The fourth-order valence-electron chi connectivity index (χ4n) is 1.29. The Balaban J connectivity index is 2.21. The minimum absolute atomic E-state index is 0.0257. The number of carbonyl (C=O) groups excluding carboxylic acids is 2. The Morgan fingerprint density at radius 2 is 2.00 bits per heavy atom. The fraction of sp³-hybridized carbons (Fsp3) is 0.455. The van der Waals surface area contributed by atoms with Gasteiger partial charge in [0.2, 0.25) is 5.91 Å². The Labute approximate surface area is 114 Å². The molecule has 0 bridgehead atoms. The maximum atomic E-state index is 11.4. The summed E-state index contributed by atoms with van der Waals surface area (Å²) in [5, 5.41) is 13.4. The van der Waals surface area contributed by atoms with Gasteiger partial charge in [0.1, 0.15) is 0 Å². The third kappa shape index (κ3) is 6.51. The Hall–Kier alpha value is -1.96. The van der Waals surface area contributed by atoms with Gasteiger partial charge in [0.15, 0.2) is 5.13 Å². The van der Waals surface area contributed by atoms with Crippen molar-refractivity contribution in [3.63, 3.8) is 0 Å². The molecule has 104 valence electrons. The monoisotopic (exact) mass is 285 g/mol. The second-order valence-electron chi connectivity index (χ2n) is 3.88. The molecule has 1 aromatic rings. The van der Waals surface area contributed by atoms with Crippen molar-refractivity contribution in [3.8, 4) is 0 Å². The lowest BCUT2D eigenvalue weighted by Gasteiger charge is -2.03. The quantitative estimate of drug-likeness (QED) is 0.690. The Morgan fingerprint density at radius 1 is 1.32 bits per heavy atom. The van der Waals surface area contributed by atoms with Crippen LogP contribution in [0.15, 0.2) is 6.20 Å². The third-order valence-corrected chi connectivity index (χ3v) is 2.97. The number of aromatic nitrogens is 1. The number of nitrogens with zero attached hydrogens (tertiary/aromatic N) is 1. The van der Waals surface area contributed by atoms with Gasteiger partial charge in [-0.25, -0.2) is 9.78 Å². The van der Waals surface area contributed by atoms with Crippen LogP contribution in [-0.4, -0.2) is 28.0 Å². The molecular formula is C11H15N3O4S. The molecule has 0 unspecified atom stereocenters. The first-order chi connectivity index (χ1) is 8.97. The summed E-state index contributed by atoms with van der Waals surface area (Å²) in [6.45, 7) is 1.86. The van der Waals surface area contributed by atoms with Crippen LogP contribution in [0, 0.1) is 6.92 Å². The van der Waals surface area contributed by atoms with Gasteiger partial charge in [0.25, 0.3) is 0 Å². The van der Waals surface area contributed by atoms with Crippen LogP contribution in [0.5, 0.6) is 0 Å². The van der Waals surface area contributed by atoms with E-state index in [-0.39, 0.29) is 12.8 Å². The molecule has 3 amide bonds. The highest BCUT2D eigenvalue weighted by atomic mass is 32.1. The number of hydrogen-bond donors (Lipinski definition) is 3. The average molecular weight is 285 g/mol. The maximum absolute atomic E-state index is 11.4. The van der Waals surface area contributed by atoms with Gasteiger partial charge in [0, 0.05) is 23.9 Å². The lowest BCUT2D eigenvalue weighted by molar-refractivity contribution is -0.137. The van der Waals surface area contributed by atoms with E-state index < -0.39 is 17.9 Å². The summed E-state index contributed by atoms with van der Waals surface area (Å²) < 4.78 is 0. The molecule has 0 aromatic carbocycles. The first-order valence-corrected chi connectivity index (χ1v) is 6.54. The first kappa shape index (κ1) is 15.1. The normalized spacial score (nSPS) is 9.95. The summed E-state index contributed by atoms with van der Waals surface area (Å²) in [7, 11) is 0. The highest BCUT2D eigenvalue weighted by Crippen LogP contribution is 2.15. The van der Waals surface area contributed by atoms with E-state index >= 15 is 0 Å². The highest BCUT2D eigenvalue weighted by Gasteiger charge is 2.09. The summed E-state index contributed by atoms with van der Waals surface area (Å²) in [5.41, 5.74) is 0. The number of amides is 3. The highest BCUT2D eigenvalue weighted by molar-refractivity contribution is 7.15. The van der Waals surface area contributed by atoms with Crippen molar-refractivity contribution in [2.75, 3.05) is 5.32 Å². The van der Waals surface area contributed by atoms with Crippen molar-refractivity contribution in [1.29, 1.82) is 0 Å². The first-order valence-electron chi connectivity index (χ1n) is 5.72. The van der Waals surface area contributed by atoms with Gasteiger partial charge in [-0.3, -0.25) is 20.2 Å². The van der Waals surface area contributed by atoms with Gasteiger partial charge in [-0.05, 0) is 19.8 Å². The van der Waals surface area contributed by atoms with Crippen LogP contribution >= 0.6 is 11.3 Å². The molecular weight excluding hydrogens is 270 g/mol. The number of aryl methyl sites for hydroxylation is 1. The molecule has 1 heterocycles. The number of carbonyl (C=O) groups is 3. The molecule has 0 saturated heterocycles. The largest absolute Gasteiger partial charge is 0.481 e. The molecule has 19 heavy (non-hydrogen) atoms. The summed E-state index contributed by atoms with van der Waals surface area (Å²) in [5.74, 6) is -1.33. The second kappa shape index (κ2) is 7.47. The van der Waals surface area contributed by atoms with Gasteiger partial charge in [-0.2, -0.15) is 0 Å². The van der Waals surface area contributed by atoms with Crippen LogP contribution in [0.2, 0.25) is 0 Å². The SMILES string of the molecule is Cc1cnc(NC(=O)NC(=O)CCCCC(=O)O)s1. The molecule has 3 N–H and O–H groups in total. The molecule has 7 nitrogen and oxygen atoms in total. The molecule has 1 rings (SSSR count). The number of anilines is 1. The minimum Gasteiger partial charge on any atom is -0.481 e. The van der Waals surface area contributed by atoms with Crippen LogP contribution in [0.1, 0.15) is 30.6 Å². The second-order valence-corrected chi connectivity index (χ2v) is 5.11. The molecule has 0 aliphatic rings. The van der Waals surface area contributed by atoms with Crippen LogP contribution in [0.3, 0.4) is 0 Å². The van der Waals surface area contributed by atoms with Crippen LogP contribution < -0.4 is 10.6 Å². The van der Waals surface area contributed by atoms with Crippen molar-refractivity contribution in [3.05, 3.63) is 11.1 Å². The topological polar surface area (TPSA) is 108 Å². The van der Waals surface area contributed by atoms with E-state index in [1.807, 2.05) is 6.92 Å². The van der Waals surface area contributed by atoms with Gasteiger partial charge < -0.3 is 5.11 Å². The number of imide groups is 1. The number of thiazole rings is 1. The van der Waals surface area contributed by atoms with Crippen molar-refractivity contribution in [2.45, 2.75) is 32.6 Å². The smallest absolute Gasteiger partial charge is 0.327 e. The zero-order valence-electron chi connectivity index (χ0n) is 10.4. The van der Waals surface area contributed by atoms with E-state index in [0.717, 1.165) is 4.88 Å². The molecule has 1 aromatic heterocycles. The zero-order chi connectivity index (χ0) is 14.3. The van der Waals surface area contributed by atoms with Crippen molar-refractivity contribution in [1.82, 2.24) is 10.3 Å². The van der Waals surface area contributed by atoms with E-state index in [0.29, 0.717) is 18.0 Å². The van der Waals surface area contributed by atoms with E-state index in [1.54, 1.807) is 6.20 Å². The molecule has 8 heteroatoms. The molecule has 0 aliphatic heterocycles. The predicted molar refractivity (Wildman–Crippen MR) is 70.1 cm³/mol.